The van der Waals surface area contributed by atoms with Crippen molar-refractivity contribution in [3.63, 3.8) is 0 Å². The Hall–Kier alpha value is -1.29. The molecule has 4 heteroatoms. The number of hydrogen-bond donors (Lipinski definition) is 1. The van der Waals surface area contributed by atoms with Gasteiger partial charge in [-0.2, -0.15) is 0 Å². The number of aromatic nitrogens is 1. The quantitative estimate of drug-likeness (QED) is 0.866. The summed E-state index contributed by atoms with van der Waals surface area (Å²) in [4.78, 5) is 13.8. The Bertz CT molecular complexity index is 421. The summed E-state index contributed by atoms with van der Waals surface area (Å²) in [5.74, 6) is 0.323. The van der Waals surface area contributed by atoms with Crippen LogP contribution in [0.15, 0.2) is 18.5 Å². The lowest BCUT2D eigenvalue weighted by Crippen LogP contribution is -2.31. The van der Waals surface area contributed by atoms with Crippen molar-refractivity contribution >= 4 is 5.91 Å². The summed E-state index contributed by atoms with van der Waals surface area (Å²) in [7, 11) is 1.87. The Labute approximate surface area is 108 Å². The molecule has 1 atom stereocenters. The standard InChI is InChI=1S/C14H22N2O2/c1-10(2)14(18)11-6-7-16(8-11)9-13(17)15(3)12-4-5-12/h6-8,10,12,14,18H,4-5,9H2,1-3H3. The van der Waals surface area contributed by atoms with E-state index in [-0.39, 0.29) is 11.8 Å². The predicted octanol–water partition coefficient (Wildman–Crippen LogP) is 1.80. The average Bonchev–Trinajstić information content (AvgIpc) is 3.08. The molecule has 0 saturated heterocycles. The van der Waals surface area contributed by atoms with E-state index >= 15 is 0 Å². The van der Waals surface area contributed by atoms with E-state index in [1.54, 1.807) is 0 Å². The van der Waals surface area contributed by atoms with Gasteiger partial charge in [0, 0.05) is 25.5 Å². The van der Waals surface area contributed by atoms with Crippen LogP contribution in [0.1, 0.15) is 38.4 Å². The SMILES string of the molecule is CC(C)C(O)c1ccn(CC(=O)N(C)C2CC2)c1. The van der Waals surface area contributed by atoms with Gasteiger partial charge in [0.05, 0.1) is 6.10 Å². The predicted molar refractivity (Wildman–Crippen MR) is 70.0 cm³/mol. The maximum Gasteiger partial charge on any atom is 0.242 e. The molecule has 0 spiro atoms. The van der Waals surface area contributed by atoms with Crippen LogP contribution in [0.5, 0.6) is 0 Å². The molecule has 1 aromatic rings. The number of aliphatic hydroxyl groups is 1. The van der Waals surface area contributed by atoms with Crippen molar-refractivity contribution < 1.29 is 9.90 Å². The largest absolute Gasteiger partial charge is 0.388 e. The first-order chi connectivity index (χ1) is 8.49. The molecule has 0 aliphatic heterocycles. The highest BCUT2D eigenvalue weighted by molar-refractivity contribution is 5.76. The summed E-state index contributed by atoms with van der Waals surface area (Å²) >= 11 is 0. The lowest BCUT2D eigenvalue weighted by molar-refractivity contribution is -0.131. The van der Waals surface area contributed by atoms with Crippen LogP contribution in [0.2, 0.25) is 0 Å². The van der Waals surface area contributed by atoms with Crippen molar-refractivity contribution in [1.82, 2.24) is 9.47 Å². The van der Waals surface area contributed by atoms with Crippen molar-refractivity contribution in [1.29, 1.82) is 0 Å². The van der Waals surface area contributed by atoms with Gasteiger partial charge >= 0.3 is 0 Å². The molecule has 1 amide bonds. The summed E-state index contributed by atoms with van der Waals surface area (Å²) in [6.45, 7) is 4.32. The van der Waals surface area contributed by atoms with Crippen LogP contribution in [0.4, 0.5) is 0 Å². The highest BCUT2D eigenvalue weighted by atomic mass is 16.3. The van der Waals surface area contributed by atoms with Crippen molar-refractivity contribution in [2.24, 2.45) is 5.92 Å². The first kappa shape index (κ1) is 13.1. The summed E-state index contributed by atoms with van der Waals surface area (Å²) in [5, 5.41) is 9.94. The molecule has 0 aromatic carbocycles. The highest BCUT2D eigenvalue weighted by Gasteiger charge is 2.29. The number of amides is 1. The van der Waals surface area contributed by atoms with E-state index in [0.717, 1.165) is 18.4 Å². The molecule has 1 saturated carbocycles. The fraction of sp³-hybridized carbons (Fsp3) is 0.643. The Morgan fingerprint density at radius 1 is 1.56 bits per heavy atom. The van der Waals surface area contributed by atoms with E-state index in [4.69, 9.17) is 0 Å². The number of carbonyl (C=O) groups is 1. The first-order valence-electron chi connectivity index (χ1n) is 6.58. The number of rotatable bonds is 5. The molecule has 2 rings (SSSR count). The minimum Gasteiger partial charge on any atom is -0.388 e. The van der Waals surface area contributed by atoms with Crippen LogP contribution in [0.25, 0.3) is 0 Å². The molecule has 1 aliphatic rings. The van der Waals surface area contributed by atoms with Gasteiger partial charge in [0.1, 0.15) is 6.54 Å². The second-order valence-electron chi connectivity index (χ2n) is 5.54. The van der Waals surface area contributed by atoms with Gasteiger partial charge < -0.3 is 14.6 Å². The van der Waals surface area contributed by atoms with Gasteiger partial charge in [0.2, 0.25) is 5.91 Å². The monoisotopic (exact) mass is 250 g/mol. The number of hydrogen-bond acceptors (Lipinski definition) is 2. The number of carbonyl (C=O) groups excluding carboxylic acids is 1. The summed E-state index contributed by atoms with van der Waals surface area (Å²) in [5.41, 5.74) is 0.881. The zero-order chi connectivity index (χ0) is 13.3. The smallest absolute Gasteiger partial charge is 0.242 e. The Morgan fingerprint density at radius 3 is 2.78 bits per heavy atom. The maximum atomic E-state index is 11.9. The molecule has 4 nitrogen and oxygen atoms in total. The third kappa shape index (κ3) is 2.93. The van der Waals surface area contributed by atoms with Crippen molar-refractivity contribution in [2.45, 2.75) is 45.4 Å². The summed E-state index contributed by atoms with van der Waals surface area (Å²) in [6, 6.07) is 2.34. The van der Waals surface area contributed by atoms with Gasteiger partial charge in [-0.05, 0) is 30.4 Å². The normalized spacial score (nSPS) is 16.9. The number of aliphatic hydroxyl groups excluding tert-OH is 1. The van der Waals surface area contributed by atoms with Gasteiger partial charge in [0.15, 0.2) is 0 Å². The Kier molecular flexibility index (Phi) is 3.76. The van der Waals surface area contributed by atoms with Crippen LogP contribution in [-0.4, -0.2) is 33.6 Å². The summed E-state index contributed by atoms with van der Waals surface area (Å²) < 4.78 is 1.85. The van der Waals surface area contributed by atoms with E-state index in [0.29, 0.717) is 12.6 Å². The molecule has 1 N–H and O–H groups in total. The molecule has 0 bridgehead atoms. The van der Waals surface area contributed by atoms with Crippen molar-refractivity contribution in [2.75, 3.05) is 7.05 Å². The zero-order valence-corrected chi connectivity index (χ0v) is 11.3. The highest BCUT2D eigenvalue weighted by Crippen LogP contribution is 2.26. The van der Waals surface area contributed by atoms with E-state index in [1.807, 2.05) is 48.8 Å². The fourth-order valence-corrected chi connectivity index (χ4v) is 2.05. The molecular weight excluding hydrogens is 228 g/mol. The van der Waals surface area contributed by atoms with Gasteiger partial charge in [-0.1, -0.05) is 13.8 Å². The van der Waals surface area contributed by atoms with Crippen LogP contribution < -0.4 is 0 Å². The van der Waals surface area contributed by atoms with E-state index in [1.165, 1.54) is 0 Å². The maximum absolute atomic E-state index is 11.9. The van der Waals surface area contributed by atoms with E-state index in [2.05, 4.69) is 0 Å². The molecular formula is C14H22N2O2. The Balaban J connectivity index is 1.95. The molecule has 1 aliphatic carbocycles. The van der Waals surface area contributed by atoms with Gasteiger partial charge in [-0.15, -0.1) is 0 Å². The molecule has 1 unspecified atom stereocenters. The summed E-state index contributed by atoms with van der Waals surface area (Å²) in [6.07, 6.45) is 5.53. The molecule has 0 radical (unpaired) electrons. The lowest BCUT2D eigenvalue weighted by Gasteiger charge is -2.16. The van der Waals surface area contributed by atoms with Gasteiger partial charge in [-0.3, -0.25) is 4.79 Å². The topological polar surface area (TPSA) is 45.5 Å². The molecule has 1 heterocycles. The van der Waals surface area contributed by atoms with Crippen LogP contribution in [0.3, 0.4) is 0 Å². The lowest BCUT2D eigenvalue weighted by atomic mass is 10.0. The van der Waals surface area contributed by atoms with Crippen LogP contribution >= 0.6 is 0 Å². The first-order valence-corrected chi connectivity index (χ1v) is 6.58. The van der Waals surface area contributed by atoms with Crippen molar-refractivity contribution in [3.8, 4) is 0 Å². The van der Waals surface area contributed by atoms with E-state index in [9.17, 15) is 9.90 Å². The van der Waals surface area contributed by atoms with Gasteiger partial charge in [0.25, 0.3) is 0 Å². The molecule has 1 aromatic heterocycles. The van der Waals surface area contributed by atoms with Crippen LogP contribution in [-0.2, 0) is 11.3 Å². The minimum atomic E-state index is -0.456. The zero-order valence-electron chi connectivity index (χ0n) is 11.3. The van der Waals surface area contributed by atoms with Crippen LogP contribution in [0, 0.1) is 5.92 Å². The average molecular weight is 250 g/mol. The fourth-order valence-electron chi connectivity index (χ4n) is 2.05. The second-order valence-corrected chi connectivity index (χ2v) is 5.54. The second kappa shape index (κ2) is 5.14. The van der Waals surface area contributed by atoms with Gasteiger partial charge in [-0.25, -0.2) is 0 Å². The third-order valence-corrected chi connectivity index (χ3v) is 3.55. The minimum absolute atomic E-state index is 0.138. The third-order valence-electron chi connectivity index (χ3n) is 3.55. The molecule has 1 fully saturated rings. The molecule has 18 heavy (non-hydrogen) atoms. The van der Waals surface area contributed by atoms with Crippen molar-refractivity contribution in [3.05, 3.63) is 24.0 Å². The number of likely N-dealkylation sites (N-methyl/N-ethyl adjacent to an activating group) is 1. The molecule has 100 valence electrons. The van der Waals surface area contributed by atoms with E-state index < -0.39 is 6.10 Å². The number of nitrogens with zero attached hydrogens (tertiary/aromatic N) is 2. The Morgan fingerprint density at radius 2 is 2.22 bits per heavy atom.